The number of halogens is 2. The van der Waals surface area contributed by atoms with Gasteiger partial charge in [0.05, 0.1) is 16.6 Å². The SMILES string of the molecule is CCCN(CCN(C)C)c1ccc(Cl)c(CCl)n1. The lowest BCUT2D eigenvalue weighted by Crippen LogP contribution is -2.33. The Labute approximate surface area is 120 Å². The molecule has 0 fully saturated rings. The maximum atomic E-state index is 6.03. The normalized spacial score (nSPS) is 11.0. The van der Waals surface area contributed by atoms with E-state index in [1.54, 1.807) is 0 Å². The highest BCUT2D eigenvalue weighted by Gasteiger charge is 2.10. The first-order valence-electron chi connectivity index (χ1n) is 6.19. The van der Waals surface area contributed by atoms with Gasteiger partial charge in [0.1, 0.15) is 5.82 Å². The van der Waals surface area contributed by atoms with Crippen LogP contribution in [0.5, 0.6) is 0 Å². The molecule has 0 aliphatic heterocycles. The molecular formula is C13H21Cl2N3. The zero-order valence-corrected chi connectivity index (χ0v) is 12.8. The predicted octanol–water partition coefficient (Wildman–Crippen LogP) is 3.25. The van der Waals surface area contributed by atoms with E-state index in [0.717, 1.165) is 37.6 Å². The fourth-order valence-corrected chi connectivity index (χ4v) is 2.12. The summed E-state index contributed by atoms with van der Waals surface area (Å²) in [6.07, 6.45) is 1.09. The number of hydrogen-bond acceptors (Lipinski definition) is 3. The third-order valence-corrected chi connectivity index (χ3v) is 3.26. The van der Waals surface area contributed by atoms with Gasteiger partial charge in [-0.05, 0) is 32.6 Å². The summed E-state index contributed by atoms with van der Waals surface area (Å²) in [5, 5.41) is 0.637. The van der Waals surface area contributed by atoms with Crippen LogP contribution >= 0.6 is 23.2 Å². The minimum atomic E-state index is 0.348. The summed E-state index contributed by atoms with van der Waals surface area (Å²) in [6, 6.07) is 3.84. The molecule has 0 bridgehead atoms. The van der Waals surface area contributed by atoms with Gasteiger partial charge in [0.2, 0.25) is 0 Å². The van der Waals surface area contributed by atoms with Crippen molar-refractivity contribution in [3.8, 4) is 0 Å². The van der Waals surface area contributed by atoms with Gasteiger partial charge in [-0.3, -0.25) is 0 Å². The first-order chi connectivity index (χ1) is 8.58. The lowest BCUT2D eigenvalue weighted by atomic mass is 10.3. The number of aromatic nitrogens is 1. The zero-order valence-electron chi connectivity index (χ0n) is 11.3. The molecule has 0 aliphatic rings. The number of pyridine rings is 1. The number of hydrogen-bond donors (Lipinski definition) is 0. The van der Waals surface area contributed by atoms with Crippen molar-refractivity contribution in [3.63, 3.8) is 0 Å². The van der Waals surface area contributed by atoms with Gasteiger partial charge >= 0.3 is 0 Å². The van der Waals surface area contributed by atoms with Gasteiger partial charge in [0, 0.05) is 19.6 Å². The van der Waals surface area contributed by atoms with Crippen LogP contribution in [0.15, 0.2) is 12.1 Å². The number of alkyl halides is 1. The molecule has 0 aliphatic carbocycles. The lowest BCUT2D eigenvalue weighted by molar-refractivity contribution is 0.412. The molecule has 5 heteroatoms. The molecule has 0 amide bonds. The van der Waals surface area contributed by atoms with E-state index >= 15 is 0 Å². The van der Waals surface area contributed by atoms with Crippen molar-refractivity contribution in [2.24, 2.45) is 0 Å². The number of likely N-dealkylation sites (N-methyl/N-ethyl adjacent to an activating group) is 1. The summed E-state index contributed by atoms with van der Waals surface area (Å²) in [7, 11) is 4.15. The monoisotopic (exact) mass is 289 g/mol. The van der Waals surface area contributed by atoms with Crippen molar-refractivity contribution >= 4 is 29.0 Å². The highest BCUT2D eigenvalue weighted by molar-refractivity contribution is 6.32. The molecule has 3 nitrogen and oxygen atoms in total. The Morgan fingerprint density at radius 1 is 1.17 bits per heavy atom. The number of anilines is 1. The molecule has 0 spiro atoms. The van der Waals surface area contributed by atoms with E-state index < -0.39 is 0 Å². The summed E-state index contributed by atoms with van der Waals surface area (Å²) in [4.78, 5) is 8.97. The van der Waals surface area contributed by atoms with Crippen LogP contribution in [0.2, 0.25) is 5.02 Å². The second-order valence-corrected chi connectivity index (χ2v) is 5.20. The Bertz CT molecular complexity index is 369. The first-order valence-corrected chi connectivity index (χ1v) is 7.10. The van der Waals surface area contributed by atoms with Gasteiger partial charge in [0.15, 0.2) is 0 Å². The topological polar surface area (TPSA) is 19.4 Å². The highest BCUT2D eigenvalue weighted by atomic mass is 35.5. The molecule has 0 atom stereocenters. The van der Waals surface area contributed by atoms with Gasteiger partial charge in [-0.15, -0.1) is 11.6 Å². The van der Waals surface area contributed by atoms with Crippen molar-refractivity contribution in [1.82, 2.24) is 9.88 Å². The fourth-order valence-electron chi connectivity index (χ4n) is 1.67. The van der Waals surface area contributed by atoms with E-state index in [1.807, 2.05) is 12.1 Å². The maximum Gasteiger partial charge on any atom is 0.129 e. The predicted molar refractivity (Wildman–Crippen MR) is 79.9 cm³/mol. The van der Waals surface area contributed by atoms with E-state index in [1.165, 1.54) is 0 Å². The molecule has 1 aromatic rings. The first kappa shape index (κ1) is 15.5. The lowest BCUT2D eigenvalue weighted by Gasteiger charge is -2.25. The minimum Gasteiger partial charge on any atom is -0.355 e. The second kappa shape index (κ2) is 7.82. The van der Waals surface area contributed by atoms with Crippen molar-refractivity contribution < 1.29 is 0 Å². The largest absolute Gasteiger partial charge is 0.355 e. The molecule has 0 radical (unpaired) electrons. The molecule has 0 N–H and O–H groups in total. The average molecular weight is 290 g/mol. The molecule has 0 unspecified atom stereocenters. The van der Waals surface area contributed by atoms with Crippen molar-refractivity contribution in [2.45, 2.75) is 19.2 Å². The van der Waals surface area contributed by atoms with E-state index in [9.17, 15) is 0 Å². The summed E-state index contributed by atoms with van der Waals surface area (Å²) in [5.41, 5.74) is 0.752. The average Bonchev–Trinajstić information content (AvgIpc) is 2.35. The van der Waals surface area contributed by atoms with Crippen LogP contribution < -0.4 is 4.90 Å². The molecule has 1 rings (SSSR count). The van der Waals surface area contributed by atoms with Crippen LogP contribution in [-0.4, -0.2) is 43.6 Å². The molecule has 1 heterocycles. The van der Waals surface area contributed by atoms with Crippen LogP contribution in [0, 0.1) is 0 Å². The molecule has 18 heavy (non-hydrogen) atoms. The van der Waals surface area contributed by atoms with Crippen molar-refractivity contribution in [1.29, 1.82) is 0 Å². The van der Waals surface area contributed by atoms with Gasteiger partial charge in [0.25, 0.3) is 0 Å². The van der Waals surface area contributed by atoms with Crippen LogP contribution in [0.1, 0.15) is 19.0 Å². The maximum absolute atomic E-state index is 6.03. The fraction of sp³-hybridized carbons (Fsp3) is 0.615. The van der Waals surface area contributed by atoms with E-state index in [0.29, 0.717) is 10.9 Å². The summed E-state index contributed by atoms with van der Waals surface area (Å²) < 4.78 is 0. The summed E-state index contributed by atoms with van der Waals surface area (Å²) >= 11 is 11.9. The number of rotatable bonds is 7. The van der Waals surface area contributed by atoms with Crippen molar-refractivity contribution in [2.75, 3.05) is 38.6 Å². The molecular weight excluding hydrogens is 269 g/mol. The van der Waals surface area contributed by atoms with E-state index in [4.69, 9.17) is 23.2 Å². The third kappa shape index (κ3) is 4.63. The Kier molecular flexibility index (Phi) is 6.76. The Morgan fingerprint density at radius 3 is 2.44 bits per heavy atom. The van der Waals surface area contributed by atoms with Crippen LogP contribution in [-0.2, 0) is 5.88 Å². The van der Waals surface area contributed by atoms with Crippen LogP contribution in [0.3, 0.4) is 0 Å². The smallest absolute Gasteiger partial charge is 0.129 e. The van der Waals surface area contributed by atoms with Gasteiger partial charge in [-0.2, -0.15) is 0 Å². The molecule has 102 valence electrons. The minimum absolute atomic E-state index is 0.348. The summed E-state index contributed by atoms with van der Waals surface area (Å²) in [5.74, 6) is 1.30. The molecule has 0 saturated carbocycles. The van der Waals surface area contributed by atoms with Crippen molar-refractivity contribution in [3.05, 3.63) is 22.8 Å². The number of nitrogens with zero attached hydrogens (tertiary/aromatic N) is 3. The summed E-state index contributed by atoms with van der Waals surface area (Å²) in [6.45, 7) is 5.11. The molecule has 0 aromatic carbocycles. The van der Waals surface area contributed by atoms with Gasteiger partial charge in [-0.1, -0.05) is 18.5 Å². The Morgan fingerprint density at radius 2 is 1.89 bits per heavy atom. The molecule has 1 aromatic heterocycles. The molecule has 0 saturated heterocycles. The highest BCUT2D eigenvalue weighted by Crippen LogP contribution is 2.20. The second-order valence-electron chi connectivity index (χ2n) is 4.52. The zero-order chi connectivity index (χ0) is 13.5. The Hall–Kier alpha value is -0.510. The standard InChI is InChI=1S/C13H21Cl2N3/c1-4-7-18(9-8-17(2)3)13-6-5-11(15)12(10-14)16-13/h5-6H,4,7-10H2,1-3H3. The quantitative estimate of drug-likeness (QED) is 0.719. The van der Waals surface area contributed by atoms with Crippen LogP contribution in [0.25, 0.3) is 0 Å². The van der Waals surface area contributed by atoms with Crippen LogP contribution in [0.4, 0.5) is 5.82 Å². The third-order valence-electron chi connectivity index (χ3n) is 2.67. The van der Waals surface area contributed by atoms with E-state index in [2.05, 4.69) is 35.8 Å². The van der Waals surface area contributed by atoms with Gasteiger partial charge < -0.3 is 9.80 Å². The van der Waals surface area contributed by atoms with Gasteiger partial charge in [-0.25, -0.2) is 4.98 Å². The Balaban J connectivity index is 2.83. The van der Waals surface area contributed by atoms with E-state index in [-0.39, 0.29) is 0 Å².